The summed E-state index contributed by atoms with van der Waals surface area (Å²) >= 11 is 0. The summed E-state index contributed by atoms with van der Waals surface area (Å²) in [5.74, 6) is 0. The van der Waals surface area contributed by atoms with Crippen LogP contribution in [0.25, 0.3) is 0 Å². The van der Waals surface area contributed by atoms with Crippen LogP contribution in [0.15, 0.2) is 0 Å². The van der Waals surface area contributed by atoms with Gasteiger partial charge in [-0.05, 0) is 39.5 Å². The van der Waals surface area contributed by atoms with E-state index in [0.717, 1.165) is 12.8 Å². The van der Waals surface area contributed by atoms with Crippen molar-refractivity contribution in [3.63, 3.8) is 0 Å². The lowest BCUT2D eigenvalue weighted by molar-refractivity contribution is -0.0574. The van der Waals surface area contributed by atoms with E-state index < -0.39 is 5.60 Å². The molecule has 0 aromatic heterocycles. The first-order chi connectivity index (χ1) is 7.06. The molecule has 2 heterocycles. The van der Waals surface area contributed by atoms with E-state index in [1.54, 1.807) is 0 Å². The molecular weight excluding hydrogens is 188 g/mol. The smallest absolute Gasteiger partial charge is 0.0806 e. The van der Waals surface area contributed by atoms with Gasteiger partial charge in [0.15, 0.2) is 0 Å². The van der Waals surface area contributed by atoms with Gasteiger partial charge >= 0.3 is 0 Å². The quantitative estimate of drug-likeness (QED) is 0.751. The van der Waals surface area contributed by atoms with Crippen LogP contribution in [0.4, 0.5) is 0 Å². The first-order valence-electron chi connectivity index (χ1n) is 5.92. The third-order valence-electron chi connectivity index (χ3n) is 3.91. The molecule has 15 heavy (non-hydrogen) atoms. The fraction of sp³-hybridized carbons (Fsp3) is 0.917. The van der Waals surface area contributed by atoms with Crippen molar-refractivity contribution in [2.24, 2.45) is 0 Å². The summed E-state index contributed by atoms with van der Waals surface area (Å²) < 4.78 is 0. The van der Waals surface area contributed by atoms with E-state index in [9.17, 15) is 5.11 Å². The maximum Gasteiger partial charge on any atom is 0.0806 e. The van der Waals surface area contributed by atoms with E-state index >= 15 is 0 Å². The molecule has 84 valence electrons. The van der Waals surface area contributed by atoms with Crippen LogP contribution in [0.3, 0.4) is 0 Å². The normalized spacial score (nSPS) is 40.7. The lowest BCUT2D eigenvalue weighted by atomic mass is 9.83. The molecule has 0 radical (unpaired) electrons. The SMILES string of the molecule is CC(C)N1C2CCC1CC(O)(CC#N)C2. The molecule has 0 saturated carbocycles. The number of piperidine rings is 1. The summed E-state index contributed by atoms with van der Waals surface area (Å²) in [6.45, 7) is 4.44. The van der Waals surface area contributed by atoms with Crippen LogP contribution in [0.2, 0.25) is 0 Å². The first kappa shape index (κ1) is 10.9. The summed E-state index contributed by atoms with van der Waals surface area (Å²) in [7, 11) is 0. The largest absolute Gasteiger partial charge is 0.389 e. The number of hydrogen-bond donors (Lipinski definition) is 1. The van der Waals surface area contributed by atoms with E-state index in [-0.39, 0.29) is 0 Å². The minimum absolute atomic E-state index is 0.298. The number of nitriles is 1. The summed E-state index contributed by atoms with van der Waals surface area (Å²) in [6, 6.07) is 3.69. The predicted molar refractivity (Wildman–Crippen MR) is 58.2 cm³/mol. The summed E-state index contributed by atoms with van der Waals surface area (Å²) in [4.78, 5) is 2.53. The van der Waals surface area contributed by atoms with Gasteiger partial charge in [0.2, 0.25) is 0 Å². The zero-order valence-electron chi connectivity index (χ0n) is 9.61. The minimum atomic E-state index is -0.702. The fourth-order valence-electron chi connectivity index (χ4n) is 3.49. The third kappa shape index (κ3) is 1.89. The van der Waals surface area contributed by atoms with Crippen LogP contribution >= 0.6 is 0 Å². The molecule has 2 atom stereocenters. The van der Waals surface area contributed by atoms with Crippen LogP contribution in [-0.2, 0) is 0 Å². The van der Waals surface area contributed by atoms with Crippen molar-refractivity contribution in [1.29, 1.82) is 5.26 Å². The van der Waals surface area contributed by atoms with E-state index in [1.807, 2.05) is 0 Å². The number of aliphatic hydroxyl groups is 1. The highest BCUT2D eigenvalue weighted by molar-refractivity contribution is 5.05. The molecule has 2 fully saturated rings. The van der Waals surface area contributed by atoms with Crippen molar-refractivity contribution in [2.75, 3.05) is 0 Å². The Morgan fingerprint density at radius 1 is 1.40 bits per heavy atom. The minimum Gasteiger partial charge on any atom is -0.389 e. The second kappa shape index (κ2) is 3.77. The molecule has 2 aliphatic rings. The fourth-order valence-corrected chi connectivity index (χ4v) is 3.49. The molecule has 2 rings (SSSR count). The number of hydrogen-bond acceptors (Lipinski definition) is 3. The van der Waals surface area contributed by atoms with Gasteiger partial charge in [0.25, 0.3) is 0 Å². The Morgan fingerprint density at radius 3 is 2.33 bits per heavy atom. The summed E-state index contributed by atoms with van der Waals surface area (Å²) in [5.41, 5.74) is -0.702. The lowest BCUT2D eigenvalue weighted by Crippen LogP contribution is -2.53. The zero-order chi connectivity index (χ0) is 11.1. The molecule has 2 saturated heterocycles. The topological polar surface area (TPSA) is 47.3 Å². The van der Waals surface area contributed by atoms with Crippen molar-refractivity contribution >= 4 is 0 Å². The number of rotatable bonds is 2. The van der Waals surface area contributed by atoms with Crippen LogP contribution < -0.4 is 0 Å². The molecule has 0 aromatic rings. The first-order valence-corrected chi connectivity index (χ1v) is 5.92. The van der Waals surface area contributed by atoms with Crippen LogP contribution in [-0.4, -0.2) is 33.7 Å². The van der Waals surface area contributed by atoms with E-state index in [2.05, 4.69) is 24.8 Å². The monoisotopic (exact) mass is 208 g/mol. The van der Waals surface area contributed by atoms with E-state index in [1.165, 1.54) is 12.8 Å². The molecule has 3 heteroatoms. The Kier molecular flexibility index (Phi) is 2.74. The molecule has 0 aromatic carbocycles. The second-order valence-corrected chi connectivity index (χ2v) is 5.39. The van der Waals surface area contributed by atoms with Crippen LogP contribution in [0, 0.1) is 11.3 Å². The predicted octanol–water partition coefficient (Wildman–Crippen LogP) is 1.67. The molecule has 2 unspecified atom stereocenters. The van der Waals surface area contributed by atoms with E-state index in [0.29, 0.717) is 24.5 Å². The maximum absolute atomic E-state index is 10.3. The zero-order valence-corrected chi connectivity index (χ0v) is 9.61. The molecule has 2 aliphatic heterocycles. The van der Waals surface area contributed by atoms with Crippen molar-refractivity contribution in [2.45, 2.75) is 69.7 Å². The van der Waals surface area contributed by atoms with Gasteiger partial charge in [-0.25, -0.2) is 0 Å². The molecule has 3 nitrogen and oxygen atoms in total. The van der Waals surface area contributed by atoms with Crippen molar-refractivity contribution in [1.82, 2.24) is 4.90 Å². The Balaban J connectivity index is 2.11. The van der Waals surface area contributed by atoms with Gasteiger partial charge in [-0.3, -0.25) is 4.90 Å². The molecule has 0 spiro atoms. The van der Waals surface area contributed by atoms with Gasteiger partial charge in [-0.2, -0.15) is 5.26 Å². The lowest BCUT2D eigenvalue weighted by Gasteiger charge is -2.45. The third-order valence-corrected chi connectivity index (χ3v) is 3.91. The van der Waals surface area contributed by atoms with Gasteiger partial charge in [0.05, 0.1) is 18.1 Å². The highest BCUT2D eigenvalue weighted by atomic mass is 16.3. The van der Waals surface area contributed by atoms with Gasteiger partial charge in [-0.1, -0.05) is 0 Å². The van der Waals surface area contributed by atoms with Gasteiger partial charge in [0.1, 0.15) is 0 Å². The Morgan fingerprint density at radius 2 is 1.93 bits per heavy atom. The molecule has 0 amide bonds. The van der Waals surface area contributed by atoms with Crippen molar-refractivity contribution in [3.05, 3.63) is 0 Å². The number of fused-ring (bicyclic) bond motifs is 2. The average Bonchev–Trinajstić information content (AvgIpc) is 2.40. The highest BCUT2D eigenvalue weighted by Crippen LogP contribution is 2.42. The molecule has 2 bridgehead atoms. The molecular formula is C12H20N2O. The second-order valence-electron chi connectivity index (χ2n) is 5.39. The van der Waals surface area contributed by atoms with Gasteiger partial charge < -0.3 is 5.11 Å². The van der Waals surface area contributed by atoms with Crippen molar-refractivity contribution in [3.8, 4) is 6.07 Å². The van der Waals surface area contributed by atoms with Gasteiger partial charge in [0, 0.05) is 18.1 Å². The summed E-state index contributed by atoms with van der Waals surface area (Å²) in [6.07, 6.45) is 4.25. The highest BCUT2D eigenvalue weighted by Gasteiger charge is 2.47. The number of nitrogens with zero attached hydrogens (tertiary/aromatic N) is 2. The Bertz CT molecular complexity index is 268. The van der Waals surface area contributed by atoms with Crippen LogP contribution in [0.5, 0.6) is 0 Å². The molecule has 1 N–H and O–H groups in total. The Labute approximate surface area is 91.7 Å². The summed E-state index contributed by atoms with van der Waals surface area (Å²) in [5, 5.41) is 19.0. The van der Waals surface area contributed by atoms with Gasteiger partial charge in [-0.15, -0.1) is 0 Å². The van der Waals surface area contributed by atoms with E-state index in [4.69, 9.17) is 5.26 Å². The maximum atomic E-state index is 10.3. The standard InChI is InChI=1S/C12H20N2O/c1-9(2)14-10-3-4-11(14)8-12(15,7-10)5-6-13/h9-11,15H,3-5,7-8H2,1-2H3. The van der Waals surface area contributed by atoms with Crippen LogP contribution in [0.1, 0.15) is 46.0 Å². The average molecular weight is 208 g/mol. The van der Waals surface area contributed by atoms with Crippen molar-refractivity contribution < 1.29 is 5.11 Å². The Hall–Kier alpha value is -0.590. The molecule has 0 aliphatic carbocycles.